The number of methoxy groups -OCH3 is 1. The first kappa shape index (κ1) is 27.7. The van der Waals surface area contributed by atoms with Crippen LogP contribution in [0.4, 0.5) is 5.82 Å². The summed E-state index contributed by atoms with van der Waals surface area (Å²) < 4.78 is 11.4. The fourth-order valence-corrected chi connectivity index (χ4v) is 6.90. The Balaban J connectivity index is 1.31. The van der Waals surface area contributed by atoms with Gasteiger partial charge in [-0.15, -0.1) is 0 Å². The van der Waals surface area contributed by atoms with Crippen molar-refractivity contribution in [2.45, 2.75) is 53.4 Å². The summed E-state index contributed by atoms with van der Waals surface area (Å²) in [5.41, 5.74) is 8.35. The van der Waals surface area contributed by atoms with Crippen molar-refractivity contribution < 1.29 is 9.26 Å². The molecule has 1 unspecified atom stereocenters. The molecule has 2 N–H and O–H groups in total. The maximum atomic E-state index is 5.94. The lowest BCUT2D eigenvalue weighted by Gasteiger charge is -2.37. The second-order valence-electron chi connectivity index (χ2n) is 12.2. The van der Waals surface area contributed by atoms with Gasteiger partial charge in [0.1, 0.15) is 23.5 Å². The van der Waals surface area contributed by atoms with Gasteiger partial charge in [0.15, 0.2) is 0 Å². The summed E-state index contributed by atoms with van der Waals surface area (Å²) in [6, 6.07) is 18.2. The molecular formula is C35H40N6O2. The lowest BCUT2D eigenvalue weighted by atomic mass is 9.91. The lowest BCUT2D eigenvalue weighted by molar-refractivity contribution is 0.104. The van der Waals surface area contributed by atoms with Gasteiger partial charge >= 0.3 is 0 Å². The molecule has 2 aliphatic heterocycles. The lowest BCUT2D eigenvalue weighted by Crippen LogP contribution is -2.48. The number of ether oxygens (including phenoxy) is 1. The van der Waals surface area contributed by atoms with E-state index in [0.717, 1.165) is 94.6 Å². The Morgan fingerprint density at radius 2 is 1.72 bits per heavy atom. The van der Waals surface area contributed by atoms with E-state index in [-0.39, 0.29) is 6.17 Å². The highest BCUT2D eigenvalue weighted by atomic mass is 16.5. The van der Waals surface area contributed by atoms with Crippen molar-refractivity contribution in [3.8, 4) is 16.9 Å². The van der Waals surface area contributed by atoms with E-state index < -0.39 is 0 Å². The highest BCUT2D eigenvalue weighted by Crippen LogP contribution is 2.42. The van der Waals surface area contributed by atoms with Crippen LogP contribution in [0.1, 0.15) is 48.9 Å². The number of H-pyrrole nitrogens is 1. The summed E-state index contributed by atoms with van der Waals surface area (Å²) in [7, 11) is 1.71. The third-order valence-electron chi connectivity index (χ3n) is 9.13. The molecule has 0 aliphatic carbocycles. The number of aromatic amines is 1. The molecule has 0 amide bonds. The van der Waals surface area contributed by atoms with Crippen molar-refractivity contribution in [3.63, 3.8) is 0 Å². The van der Waals surface area contributed by atoms with Crippen molar-refractivity contribution in [1.82, 2.24) is 19.9 Å². The molecule has 5 aromatic rings. The minimum absolute atomic E-state index is 0.0739. The minimum Gasteiger partial charge on any atom is -0.496 e. The zero-order chi connectivity index (χ0) is 29.8. The van der Waals surface area contributed by atoms with E-state index in [0.29, 0.717) is 6.04 Å². The van der Waals surface area contributed by atoms with Crippen molar-refractivity contribution in [1.29, 1.82) is 0 Å². The molecule has 43 heavy (non-hydrogen) atoms. The number of aryl methyl sites for hydroxylation is 2. The highest BCUT2D eigenvalue weighted by Gasteiger charge is 2.28. The highest BCUT2D eigenvalue weighted by molar-refractivity contribution is 6.27. The molecule has 0 bridgehead atoms. The number of hydrogen-bond donors (Lipinski definition) is 2. The number of fused-ring (bicyclic) bond motifs is 4. The summed E-state index contributed by atoms with van der Waals surface area (Å²) in [4.78, 5) is 14.0. The number of nitrogens with one attached hydrogen (secondary N) is 2. The van der Waals surface area contributed by atoms with E-state index in [4.69, 9.17) is 14.3 Å². The molecule has 1 saturated heterocycles. The number of rotatable bonds is 6. The molecule has 7 rings (SSSR count). The van der Waals surface area contributed by atoms with Gasteiger partial charge in [-0.25, -0.2) is 0 Å². The topological polar surface area (TPSA) is 81.9 Å². The molecule has 1 fully saturated rings. The Labute approximate surface area is 252 Å². The number of aromatic nitrogens is 2. The molecule has 0 saturated carbocycles. The second-order valence-corrected chi connectivity index (χ2v) is 12.2. The molecular weight excluding hydrogens is 536 g/mol. The van der Waals surface area contributed by atoms with Gasteiger partial charge in [0.2, 0.25) is 0 Å². The quantitative estimate of drug-likeness (QED) is 0.233. The van der Waals surface area contributed by atoms with Crippen molar-refractivity contribution in [2.75, 3.05) is 38.6 Å². The summed E-state index contributed by atoms with van der Waals surface area (Å²) >= 11 is 0. The molecule has 2 aliphatic rings. The van der Waals surface area contributed by atoms with E-state index in [1.807, 2.05) is 13.8 Å². The van der Waals surface area contributed by atoms with Crippen LogP contribution < -0.4 is 10.1 Å². The SMILES string of the molecule is COc1cc2c3c([nH]c2cc1-c1c(C)noc1C)NC(C)N=C3c1ccc(CN2CCN(C(C)C)CC2)c2ccccc12. The van der Waals surface area contributed by atoms with Crippen LogP contribution in [0, 0.1) is 13.8 Å². The van der Waals surface area contributed by atoms with E-state index in [9.17, 15) is 0 Å². The van der Waals surface area contributed by atoms with E-state index in [1.54, 1.807) is 7.11 Å². The zero-order valence-electron chi connectivity index (χ0n) is 25.9. The first-order chi connectivity index (χ1) is 20.8. The average molecular weight is 577 g/mol. The largest absolute Gasteiger partial charge is 0.496 e. The number of hydrogen-bond acceptors (Lipinski definition) is 7. The summed E-state index contributed by atoms with van der Waals surface area (Å²) in [6.07, 6.45) is -0.0739. The van der Waals surface area contributed by atoms with Crippen LogP contribution in [0.3, 0.4) is 0 Å². The minimum atomic E-state index is -0.0739. The second kappa shape index (κ2) is 10.8. The first-order valence-electron chi connectivity index (χ1n) is 15.3. The number of nitrogens with zero attached hydrogens (tertiary/aromatic N) is 4. The van der Waals surface area contributed by atoms with Crippen molar-refractivity contribution in [3.05, 3.63) is 76.7 Å². The van der Waals surface area contributed by atoms with Gasteiger partial charge in [-0.05, 0) is 63.1 Å². The van der Waals surface area contributed by atoms with E-state index in [2.05, 4.69) is 94.6 Å². The predicted molar refractivity (Wildman–Crippen MR) is 174 cm³/mol. The van der Waals surface area contributed by atoms with Gasteiger partial charge in [0, 0.05) is 60.8 Å². The van der Waals surface area contributed by atoms with Crippen LogP contribution in [0.15, 0.2) is 58.0 Å². The molecule has 2 aromatic heterocycles. The average Bonchev–Trinajstić information content (AvgIpc) is 3.53. The molecule has 0 spiro atoms. The van der Waals surface area contributed by atoms with Gasteiger partial charge in [-0.2, -0.15) is 0 Å². The fraction of sp³-hybridized carbons (Fsp3) is 0.371. The fourth-order valence-electron chi connectivity index (χ4n) is 6.90. The third-order valence-corrected chi connectivity index (χ3v) is 9.13. The predicted octanol–water partition coefficient (Wildman–Crippen LogP) is 6.74. The third kappa shape index (κ3) is 4.79. The van der Waals surface area contributed by atoms with E-state index in [1.165, 1.54) is 16.3 Å². The summed E-state index contributed by atoms with van der Waals surface area (Å²) in [5.74, 6) is 2.52. The number of benzene rings is 3. The van der Waals surface area contributed by atoms with E-state index >= 15 is 0 Å². The van der Waals surface area contributed by atoms with Gasteiger partial charge in [0.25, 0.3) is 0 Å². The van der Waals surface area contributed by atoms with Gasteiger partial charge in [0.05, 0.1) is 29.6 Å². The van der Waals surface area contributed by atoms with Crippen LogP contribution in [-0.4, -0.2) is 71.1 Å². The Morgan fingerprint density at radius 3 is 2.42 bits per heavy atom. The Hall–Kier alpha value is -4.14. The molecule has 4 heterocycles. The number of aliphatic imine (C=N–C) groups is 1. The normalized spacial score (nSPS) is 17.8. The Morgan fingerprint density at radius 1 is 0.953 bits per heavy atom. The van der Waals surface area contributed by atoms with Crippen LogP contribution in [-0.2, 0) is 6.54 Å². The van der Waals surface area contributed by atoms with Gasteiger partial charge < -0.3 is 19.6 Å². The van der Waals surface area contributed by atoms with Gasteiger partial charge in [-0.3, -0.25) is 14.8 Å². The van der Waals surface area contributed by atoms with Crippen LogP contribution >= 0.6 is 0 Å². The van der Waals surface area contributed by atoms with Crippen LogP contribution in [0.2, 0.25) is 0 Å². The maximum absolute atomic E-state index is 5.94. The monoisotopic (exact) mass is 576 g/mol. The molecule has 8 nitrogen and oxygen atoms in total. The Kier molecular flexibility index (Phi) is 6.98. The van der Waals surface area contributed by atoms with Gasteiger partial charge in [-0.1, -0.05) is 41.6 Å². The number of piperazine rings is 1. The molecule has 8 heteroatoms. The van der Waals surface area contributed by atoms with Crippen molar-refractivity contribution >= 4 is 33.2 Å². The van der Waals surface area contributed by atoms with Crippen LogP contribution in [0.25, 0.3) is 32.8 Å². The molecule has 3 aromatic carbocycles. The van der Waals surface area contributed by atoms with Crippen molar-refractivity contribution in [2.24, 2.45) is 4.99 Å². The smallest absolute Gasteiger partial charge is 0.141 e. The zero-order valence-corrected chi connectivity index (χ0v) is 25.9. The summed E-state index contributed by atoms with van der Waals surface area (Å²) in [5, 5.41) is 11.3. The molecule has 0 radical (unpaired) electrons. The Bertz CT molecular complexity index is 1840. The molecule has 1 atom stereocenters. The number of anilines is 1. The van der Waals surface area contributed by atoms with Crippen LogP contribution in [0.5, 0.6) is 5.75 Å². The standard InChI is InChI=1S/C35H40N6O2/c1-20(2)41-15-13-40(14-16-41)19-24-11-12-27(26-10-8-7-9-25(24)26)34-33-28-18-31(42-6)29(32-21(3)39-43-22(32)4)17-30(28)38-35(33)37-23(5)36-34/h7-12,17-18,20,23,37-38H,13-16,19H2,1-6H3. The summed E-state index contributed by atoms with van der Waals surface area (Å²) in [6.45, 7) is 16.0. The molecule has 222 valence electrons. The first-order valence-corrected chi connectivity index (χ1v) is 15.3. The maximum Gasteiger partial charge on any atom is 0.141 e.